The van der Waals surface area contributed by atoms with Crippen molar-refractivity contribution >= 4 is 17.3 Å². The fourth-order valence-corrected chi connectivity index (χ4v) is 2.33. The van der Waals surface area contributed by atoms with Crippen LogP contribution >= 0.6 is 12.2 Å². The molecule has 0 aliphatic heterocycles. The van der Waals surface area contributed by atoms with Gasteiger partial charge in [0.15, 0.2) is 5.11 Å². The summed E-state index contributed by atoms with van der Waals surface area (Å²) in [6, 6.07) is 10.2. The average Bonchev–Trinajstić information content (AvgIpc) is 2.74. The van der Waals surface area contributed by atoms with Gasteiger partial charge in [0.2, 0.25) is 0 Å². The maximum atomic E-state index is 9.67. The number of nitrogens with one attached hydrogen (secondary N) is 2. The van der Waals surface area contributed by atoms with E-state index in [1.807, 2.05) is 18.2 Å². The van der Waals surface area contributed by atoms with Crippen molar-refractivity contribution in [3.8, 4) is 0 Å². The third kappa shape index (κ3) is 3.68. The molecule has 1 saturated carbocycles. The number of aliphatic hydroxyl groups excluding tert-OH is 1. The highest BCUT2D eigenvalue weighted by Gasteiger charge is 2.25. The minimum atomic E-state index is -0.258. The summed E-state index contributed by atoms with van der Waals surface area (Å²) in [6.45, 7) is 0.718. The molecule has 0 saturated heterocycles. The second-order valence-electron chi connectivity index (χ2n) is 4.42. The van der Waals surface area contributed by atoms with Gasteiger partial charge in [-0.1, -0.05) is 30.3 Å². The molecule has 0 aromatic heterocycles. The first kappa shape index (κ1) is 12.3. The quantitative estimate of drug-likeness (QED) is 0.713. The Labute approximate surface area is 107 Å². The zero-order valence-corrected chi connectivity index (χ0v) is 10.5. The number of rotatable bonds is 3. The van der Waals surface area contributed by atoms with Gasteiger partial charge in [-0.3, -0.25) is 0 Å². The van der Waals surface area contributed by atoms with E-state index in [0.717, 1.165) is 25.8 Å². The van der Waals surface area contributed by atoms with Crippen LogP contribution in [0.1, 0.15) is 24.8 Å². The van der Waals surface area contributed by atoms with E-state index in [0.29, 0.717) is 5.11 Å². The number of thiocarbonyl (C=S) groups is 1. The number of hydrogen-bond acceptors (Lipinski definition) is 2. The molecule has 3 N–H and O–H groups in total. The monoisotopic (exact) mass is 250 g/mol. The lowest BCUT2D eigenvalue weighted by atomic mass is 10.2. The molecule has 1 aromatic rings. The molecule has 92 valence electrons. The Kier molecular flexibility index (Phi) is 4.34. The maximum absolute atomic E-state index is 9.67. The van der Waals surface area contributed by atoms with Crippen LogP contribution in [0.3, 0.4) is 0 Å². The molecule has 17 heavy (non-hydrogen) atoms. The molecular formula is C13H18N2OS. The van der Waals surface area contributed by atoms with Crippen LogP contribution in [0.15, 0.2) is 30.3 Å². The highest BCUT2D eigenvalue weighted by atomic mass is 32.1. The Morgan fingerprint density at radius 3 is 2.71 bits per heavy atom. The van der Waals surface area contributed by atoms with Gasteiger partial charge in [0, 0.05) is 6.54 Å². The van der Waals surface area contributed by atoms with Gasteiger partial charge in [-0.2, -0.15) is 0 Å². The fraction of sp³-hybridized carbons (Fsp3) is 0.462. The molecule has 2 rings (SSSR count). The van der Waals surface area contributed by atoms with Gasteiger partial charge < -0.3 is 15.7 Å². The van der Waals surface area contributed by atoms with E-state index in [9.17, 15) is 5.11 Å². The van der Waals surface area contributed by atoms with Crippen LogP contribution in [0.2, 0.25) is 0 Å². The van der Waals surface area contributed by atoms with Crippen molar-refractivity contribution in [2.24, 2.45) is 0 Å². The van der Waals surface area contributed by atoms with Crippen LogP contribution in [0.5, 0.6) is 0 Å². The molecule has 3 nitrogen and oxygen atoms in total. The molecular weight excluding hydrogens is 232 g/mol. The summed E-state index contributed by atoms with van der Waals surface area (Å²) < 4.78 is 0. The lowest BCUT2D eigenvalue weighted by Gasteiger charge is -2.19. The predicted octanol–water partition coefficient (Wildman–Crippen LogP) is 1.56. The lowest BCUT2D eigenvalue weighted by molar-refractivity contribution is 0.157. The van der Waals surface area contributed by atoms with Crippen molar-refractivity contribution in [3.05, 3.63) is 35.9 Å². The second-order valence-corrected chi connectivity index (χ2v) is 4.83. The molecule has 2 atom stereocenters. The van der Waals surface area contributed by atoms with Crippen LogP contribution in [0, 0.1) is 0 Å². The topological polar surface area (TPSA) is 44.3 Å². The van der Waals surface area contributed by atoms with Crippen molar-refractivity contribution < 1.29 is 5.11 Å². The van der Waals surface area contributed by atoms with Crippen LogP contribution < -0.4 is 10.6 Å². The minimum Gasteiger partial charge on any atom is -0.391 e. The van der Waals surface area contributed by atoms with E-state index in [2.05, 4.69) is 22.8 Å². The van der Waals surface area contributed by atoms with Crippen molar-refractivity contribution in [1.82, 2.24) is 10.6 Å². The van der Waals surface area contributed by atoms with Gasteiger partial charge in [-0.25, -0.2) is 0 Å². The molecule has 0 amide bonds. The summed E-state index contributed by atoms with van der Waals surface area (Å²) in [5.41, 5.74) is 1.20. The number of hydrogen-bond donors (Lipinski definition) is 3. The van der Waals surface area contributed by atoms with Crippen molar-refractivity contribution in [2.75, 3.05) is 0 Å². The molecule has 0 bridgehead atoms. The SMILES string of the molecule is OC1CCCC1NC(=S)NCc1ccccc1. The standard InChI is InChI=1S/C13H18N2OS/c16-12-8-4-7-11(12)15-13(17)14-9-10-5-2-1-3-6-10/h1-3,5-6,11-12,16H,4,7-9H2,(H2,14,15,17). The Morgan fingerprint density at radius 1 is 1.29 bits per heavy atom. The number of aliphatic hydroxyl groups is 1. The zero-order chi connectivity index (χ0) is 12.1. The van der Waals surface area contributed by atoms with E-state index in [1.54, 1.807) is 0 Å². The molecule has 2 unspecified atom stereocenters. The summed E-state index contributed by atoms with van der Waals surface area (Å²) in [5, 5.41) is 16.6. The molecule has 1 aromatic carbocycles. The van der Waals surface area contributed by atoms with Gasteiger partial charge in [0.25, 0.3) is 0 Å². The summed E-state index contributed by atoms with van der Waals surface area (Å²) >= 11 is 5.21. The normalized spacial score (nSPS) is 23.4. The van der Waals surface area contributed by atoms with E-state index in [4.69, 9.17) is 12.2 Å². The van der Waals surface area contributed by atoms with Crippen LogP contribution in [0.4, 0.5) is 0 Å². The molecule has 0 radical (unpaired) electrons. The molecule has 1 fully saturated rings. The largest absolute Gasteiger partial charge is 0.391 e. The molecule has 1 aliphatic carbocycles. The highest BCUT2D eigenvalue weighted by Crippen LogP contribution is 2.18. The van der Waals surface area contributed by atoms with Gasteiger partial charge in [-0.05, 0) is 37.0 Å². The Hall–Kier alpha value is -1.13. The third-order valence-corrected chi connectivity index (χ3v) is 3.35. The van der Waals surface area contributed by atoms with Crippen LogP contribution in [0.25, 0.3) is 0 Å². The smallest absolute Gasteiger partial charge is 0.166 e. The summed E-state index contributed by atoms with van der Waals surface area (Å²) in [5.74, 6) is 0. The third-order valence-electron chi connectivity index (χ3n) is 3.09. The minimum absolute atomic E-state index is 0.116. The summed E-state index contributed by atoms with van der Waals surface area (Å²) in [4.78, 5) is 0. The Balaban J connectivity index is 1.74. The van der Waals surface area contributed by atoms with E-state index in [1.165, 1.54) is 5.56 Å². The van der Waals surface area contributed by atoms with Crippen molar-refractivity contribution in [3.63, 3.8) is 0 Å². The molecule has 0 spiro atoms. The van der Waals surface area contributed by atoms with Crippen molar-refractivity contribution in [1.29, 1.82) is 0 Å². The first-order valence-corrected chi connectivity index (χ1v) is 6.43. The molecule has 0 heterocycles. The Morgan fingerprint density at radius 2 is 2.06 bits per heavy atom. The predicted molar refractivity (Wildman–Crippen MR) is 72.7 cm³/mol. The van der Waals surface area contributed by atoms with Gasteiger partial charge >= 0.3 is 0 Å². The van der Waals surface area contributed by atoms with E-state index < -0.39 is 0 Å². The molecule has 4 heteroatoms. The second kappa shape index (κ2) is 5.98. The summed E-state index contributed by atoms with van der Waals surface area (Å²) in [6.07, 6.45) is 2.68. The average molecular weight is 250 g/mol. The van der Waals surface area contributed by atoms with Crippen LogP contribution in [-0.4, -0.2) is 22.4 Å². The first-order valence-electron chi connectivity index (χ1n) is 6.02. The zero-order valence-electron chi connectivity index (χ0n) is 9.73. The maximum Gasteiger partial charge on any atom is 0.166 e. The molecule has 1 aliphatic rings. The van der Waals surface area contributed by atoms with Gasteiger partial charge in [0.1, 0.15) is 0 Å². The van der Waals surface area contributed by atoms with Crippen molar-refractivity contribution in [2.45, 2.75) is 38.0 Å². The summed E-state index contributed by atoms with van der Waals surface area (Å²) in [7, 11) is 0. The first-order chi connectivity index (χ1) is 8.25. The number of benzene rings is 1. The van der Waals surface area contributed by atoms with Gasteiger partial charge in [0.05, 0.1) is 12.1 Å². The Bertz CT molecular complexity index is 369. The van der Waals surface area contributed by atoms with Gasteiger partial charge in [-0.15, -0.1) is 0 Å². The fourth-order valence-electron chi connectivity index (χ4n) is 2.11. The highest BCUT2D eigenvalue weighted by molar-refractivity contribution is 7.80. The van der Waals surface area contributed by atoms with E-state index in [-0.39, 0.29) is 12.1 Å². The lowest BCUT2D eigenvalue weighted by Crippen LogP contribution is -2.44. The van der Waals surface area contributed by atoms with E-state index >= 15 is 0 Å². The van der Waals surface area contributed by atoms with Crippen LogP contribution in [-0.2, 0) is 6.54 Å².